The lowest BCUT2D eigenvalue weighted by Crippen LogP contribution is -2.10. The van der Waals surface area contributed by atoms with Gasteiger partial charge in [-0.05, 0) is 52.4 Å². The van der Waals surface area contributed by atoms with Crippen LogP contribution in [-0.2, 0) is 4.79 Å². The van der Waals surface area contributed by atoms with Gasteiger partial charge in [0.25, 0.3) is 0 Å². The summed E-state index contributed by atoms with van der Waals surface area (Å²) in [5.41, 5.74) is 1.30. The largest absolute Gasteiger partial charge is 0.454 e. The monoisotopic (exact) mass is 353 g/mol. The average Bonchev–Trinajstić information content (AvgIpc) is 3.33. The summed E-state index contributed by atoms with van der Waals surface area (Å²) in [5.74, 6) is 0.239. The number of benzene rings is 2. The van der Waals surface area contributed by atoms with Crippen molar-refractivity contribution in [1.82, 2.24) is 20.2 Å². The summed E-state index contributed by atoms with van der Waals surface area (Å²) < 4.78 is 25.8. The Morgan fingerprint density at radius 2 is 2.08 bits per heavy atom. The Hall–Kier alpha value is -3.75. The zero-order valence-corrected chi connectivity index (χ0v) is 13.3. The molecule has 1 aromatic heterocycles. The first-order valence-corrected chi connectivity index (χ1v) is 7.61. The van der Waals surface area contributed by atoms with Crippen molar-refractivity contribution in [1.29, 1.82) is 0 Å². The molecule has 9 heteroatoms. The highest BCUT2D eigenvalue weighted by Crippen LogP contribution is 2.32. The number of ether oxygens (including phenoxy) is 2. The van der Waals surface area contributed by atoms with Gasteiger partial charge in [0.1, 0.15) is 12.1 Å². The van der Waals surface area contributed by atoms with Crippen molar-refractivity contribution in [2.24, 2.45) is 0 Å². The number of anilines is 1. The van der Waals surface area contributed by atoms with E-state index in [2.05, 4.69) is 20.8 Å². The smallest absolute Gasteiger partial charge is 0.248 e. The summed E-state index contributed by atoms with van der Waals surface area (Å²) in [6, 6.07) is 9.48. The molecule has 0 radical (unpaired) electrons. The van der Waals surface area contributed by atoms with Gasteiger partial charge in [-0.1, -0.05) is 6.07 Å². The SMILES string of the molecule is O=C(C=Cc1ccc2c(c1)OCO2)Nc1cc(-n2cnnn2)ccc1F. The maximum atomic E-state index is 14.0. The highest BCUT2D eigenvalue weighted by Gasteiger charge is 2.12. The van der Waals surface area contributed by atoms with Gasteiger partial charge in [0, 0.05) is 6.08 Å². The average molecular weight is 353 g/mol. The zero-order chi connectivity index (χ0) is 17.9. The fourth-order valence-electron chi connectivity index (χ4n) is 2.39. The molecule has 2 aromatic carbocycles. The van der Waals surface area contributed by atoms with Crippen molar-refractivity contribution in [2.45, 2.75) is 0 Å². The third kappa shape index (κ3) is 3.22. The van der Waals surface area contributed by atoms with Gasteiger partial charge in [-0.25, -0.2) is 9.07 Å². The predicted octanol–water partition coefficient (Wildman–Crippen LogP) is 2.18. The van der Waals surface area contributed by atoms with Crippen molar-refractivity contribution < 1.29 is 18.7 Å². The number of tetrazole rings is 1. The van der Waals surface area contributed by atoms with E-state index in [1.807, 2.05) is 0 Å². The highest BCUT2D eigenvalue weighted by atomic mass is 19.1. The Kier molecular flexibility index (Phi) is 4.02. The van der Waals surface area contributed by atoms with E-state index in [9.17, 15) is 9.18 Å². The fraction of sp³-hybridized carbons (Fsp3) is 0.0588. The molecule has 0 saturated carbocycles. The van der Waals surface area contributed by atoms with Crippen molar-refractivity contribution in [3.63, 3.8) is 0 Å². The third-order valence-corrected chi connectivity index (χ3v) is 3.65. The minimum atomic E-state index is -0.563. The number of rotatable bonds is 4. The van der Waals surface area contributed by atoms with E-state index in [1.54, 1.807) is 24.3 Å². The number of carbonyl (C=O) groups is 1. The van der Waals surface area contributed by atoms with Crippen molar-refractivity contribution in [2.75, 3.05) is 12.1 Å². The summed E-state index contributed by atoms with van der Waals surface area (Å²) in [5, 5.41) is 13.3. The molecular weight excluding hydrogens is 341 g/mol. The lowest BCUT2D eigenvalue weighted by molar-refractivity contribution is -0.111. The molecule has 1 aliphatic heterocycles. The summed E-state index contributed by atoms with van der Waals surface area (Å²) in [4.78, 5) is 12.1. The summed E-state index contributed by atoms with van der Waals surface area (Å²) in [7, 11) is 0. The summed E-state index contributed by atoms with van der Waals surface area (Å²) >= 11 is 0. The molecule has 0 unspecified atom stereocenters. The Labute approximate surface area is 146 Å². The lowest BCUT2D eigenvalue weighted by atomic mass is 10.2. The van der Waals surface area contributed by atoms with Crippen LogP contribution in [0.4, 0.5) is 10.1 Å². The van der Waals surface area contributed by atoms with Crippen LogP contribution in [-0.4, -0.2) is 32.9 Å². The van der Waals surface area contributed by atoms with Gasteiger partial charge in [-0.3, -0.25) is 4.79 Å². The molecule has 0 saturated heterocycles. The number of hydrogen-bond acceptors (Lipinski definition) is 6. The van der Waals surface area contributed by atoms with E-state index >= 15 is 0 Å². The molecule has 130 valence electrons. The standard InChI is InChI=1S/C17H12FN5O3/c18-13-4-3-12(23-9-19-21-22-23)8-14(13)20-17(24)6-2-11-1-5-15-16(7-11)26-10-25-15/h1-9H,10H2,(H,20,24). The summed E-state index contributed by atoms with van der Waals surface area (Å²) in [6.07, 6.45) is 4.28. The number of halogens is 1. The minimum Gasteiger partial charge on any atom is -0.454 e. The number of nitrogens with one attached hydrogen (secondary N) is 1. The van der Waals surface area contributed by atoms with Crippen molar-refractivity contribution in [3.05, 3.63) is 60.2 Å². The molecule has 0 fully saturated rings. The van der Waals surface area contributed by atoms with Gasteiger partial charge < -0.3 is 14.8 Å². The molecular formula is C17H12FN5O3. The Morgan fingerprint density at radius 3 is 2.92 bits per heavy atom. The van der Waals surface area contributed by atoms with Crippen LogP contribution in [0, 0.1) is 5.82 Å². The van der Waals surface area contributed by atoms with Crippen LogP contribution >= 0.6 is 0 Å². The van der Waals surface area contributed by atoms with Crippen LogP contribution in [0.3, 0.4) is 0 Å². The van der Waals surface area contributed by atoms with Crippen LogP contribution in [0.2, 0.25) is 0 Å². The van der Waals surface area contributed by atoms with Crippen LogP contribution in [0.1, 0.15) is 5.56 Å². The van der Waals surface area contributed by atoms with E-state index in [4.69, 9.17) is 9.47 Å². The molecule has 0 aliphatic carbocycles. The maximum absolute atomic E-state index is 14.0. The zero-order valence-electron chi connectivity index (χ0n) is 13.3. The molecule has 2 heterocycles. The fourth-order valence-corrected chi connectivity index (χ4v) is 2.39. The first kappa shape index (κ1) is 15.8. The Balaban J connectivity index is 1.49. The second-order valence-electron chi connectivity index (χ2n) is 5.35. The van der Waals surface area contributed by atoms with Crippen LogP contribution in [0.5, 0.6) is 11.5 Å². The lowest BCUT2D eigenvalue weighted by Gasteiger charge is -2.06. The third-order valence-electron chi connectivity index (χ3n) is 3.65. The summed E-state index contributed by atoms with van der Waals surface area (Å²) in [6.45, 7) is 0.180. The minimum absolute atomic E-state index is 0.0262. The molecule has 0 atom stereocenters. The highest BCUT2D eigenvalue weighted by molar-refractivity contribution is 6.02. The molecule has 1 aliphatic rings. The van der Waals surface area contributed by atoms with E-state index < -0.39 is 11.7 Å². The quantitative estimate of drug-likeness (QED) is 0.723. The molecule has 8 nitrogen and oxygen atoms in total. The number of nitrogens with zero attached hydrogens (tertiary/aromatic N) is 4. The maximum Gasteiger partial charge on any atom is 0.248 e. The van der Waals surface area contributed by atoms with Gasteiger partial charge >= 0.3 is 0 Å². The Morgan fingerprint density at radius 1 is 1.19 bits per heavy atom. The number of fused-ring (bicyclic) bond motifs is 1. The number of hydrogen-bond donors (Lipinski definition) is 1. The molecule has 1 amide bonds. The van der Waals surface area contributed by atoms with E-state index in [-0.39, 0.29) is 12.5 Å². The van der Waals surface area contributed by atoms with Gasteiger partial charge in [-0.2, -0.15) is 0 Å². The predicted molar refractivity (Wildman–Crippen MR) is 89.3 cm³/mol. The molecule has 0 bridgehead atoms. The molecule has 1 N–H and O–H groups in total. The van der Waals surface area contributed by atoms with Crippen molar-refractivity contribution >= 4 is 17.7 Å². The second-order valence-corrected chi connectivity index (χ2v) is 5.35. The van der Waals surface area contributed by atoms with Gasteiger partial charge in [0.15, 0.2) is 11.5 Å². The van der Waals surface area contributed by atoms with Crippen LogP contribution in [0.25, 0.3) is 11.8 Å². The molecule has 26 heavy (non-hydrogen) atoms. The van der Waals surface area contributed by atoms with E-state index in [0.29, 0.717) is 17.2 Å². The number of amides is 1. The van der Waals surface area contributed by atoms with Crippen LogP contribution in [0.15, 0.2) is 48.8 Å². The molecule has 4 rings (SSSR count). The van der Waals surface area contributed by atoms with Gasteiger partial charge in [0.05, 0.1) is 11.4 Å². The molecule has 3 aromatic rings. The first-order valence-electron chi connectivity index (χ1n) is 7.61. The second kappa shape index (κ2) is 6.63. The van der Waals surface area contributed by atoms with Gasteiger partial charge in [-0.15, -0.1) is 5.10 Å². The number of aromatic nitrogens is 4. The van der Waals surface area contributed by atoms with E-state index in [0.717, 1.165) is 5.56 Å². The van der Waals surface area contributed by atoms with Crippen LogP contribution < -0.4 is 14.8 Å². The normalized spacial score (nSPS) is 12.5. The topological polar surface area (TPSA) is 91.2 Å². The number of carbonyl (C=O) groups excluding carboxylic acids is 1. The Bertz CT molecular complexity index is 988. The first-order chi connectivity index (χ1) is 12.7. The van der Waals surface area contributed by atoms with Gasteiger partial charge in [0.2, 0.25) is 12.7 Å². The van der Waals surface area contributed by atoms with Crippen molar-refractivity contribution in [3.8, 4) is 17.2 Å². The van der Waals surface area contributed by atoms with E-state index in [1.165, 1.54) is 35.3 Å². The molecule has 0 spiro atoms.